The summed E-state index contributed by atoms with van der Waals surface area (Å²) in [5.74, 6) is -2.88. The number of non-ortho nitro benzene ring substituents is 1. The second kappa shape index (κ2) is 8.20. The Hall–Kier alpha value is -4.94. The van der Waals surface area contributed by atoms with Gasteiger partial charge in [0.05, 0.1) is 16.4 Å². The van der Waals surface area contributed by atoms with Crippen molar-refractivity contribution >= 4 is 5.69 Å². The quantitative estimate of drug-likeness (QED) is 0.226. The Bertz CT molecular complexity index is 1610. The fraction of sp³-hybridized carbons (Fsp3) is 0.143. The van der Waals surface area contributed by atoms with Gasteiger partial charge in [-0.1, -0.05) is 12.2 Å². The van der Waals surface area contributed by atoms with Crippen molar-refractivity contribution in [3.63, 3.8) is 0 Å². The normalized spacial score (nSPS) is 13.9. The van der Waals surface area contributed by atoms with Crippen LogP contribution in [0.5, 0.6) is 17.5 Å². The average molecular weight is 466 g/mol. The zero-order valence-electron chi connectivity index (χ0n) is 17.4. The van der Waals surface area contributed by atoms with Crippen LogP contribution in [0.2, 0.25) is 0 Å². The summed E-state index contributed by atoms with van der Waals surface area (Å²) in [6, 6.07) is 3.40. The second-order valence-corrected chi connectivity index (χ2v) is 7.27. The Morgan fingerprint density at radius 3 is 2.32 bits per heavy atom. The van der Waals surface area contributed by atoms with Crippen LogP contribution >= 0.6 is 0 Å². The molecule has 0 fully saturated rings. The number of nitrogens with zero attached hydrogens (tertiary/aromatic N) is 3. The van der Waals surface area contributed by atoms with Crippen molar-refractivity contribution in [3.05, 3.63) is 112 Å². The fourth-order valence-corrected chi connectivity index (χ4v) is 3.85. The SMILES string of the molecule is C=CCn1c([O-])c(C2c3cc([N+](=O)[O-])ccc3Oc3[nH]c(=O)n(CC=C)c(=O)c32)c(=O)[nH]c1=O. The molecule has 1 unspecified atom stereocenters. The molecule has 0 saturated heterocycles. The highest BCUT2D eigenvalue weighted by atomic mass is 16.6. The van der Waals surface area contributed by atoms with E-state index in [0.717, 1.165) is 16.7 Å². The van der Waals surface area contributed by atoms with Gasteiger partial charge in [0.2, 0.25) is 5.88 Å². The minimum absolute atomic E-state index is 0.0279. The third-order valence-corrected chi connectivity index (χ3v) is 5.30. The van der Waals surface area contributed by atoms with E-state index in [0.29, 0.717) is 4.57 Å². The molecule has 13 heteroatoms. The van der Waals surface area contributed by atoms with Gasteiger partial charge in [-0.2, -0.15) is 0 Å². The molecule has 1 atom stereocenters. The topological polar surface area (TPSA) is 185 Å². The first-order valence-corrected chi connectivity index (χ1v) is 9.78. The zero-order chi connectivity index (χ0) is 24.7. The first kappa shape index (κ1) is 22.3. The summed E-state index contributed by atoms with van der Waals surface area (Å²) in [7, 11) is 0. The highest BCUT2D eigenvalue weighted by molar-refractivity contribution is 5.59. The van der Waals surface area contributed by atoms with Crippen LogP contribution in [0.15, 0.2) is 62.7 Å². The number of aromatic amines is 2. The lowest BCUT2D eigenvalue weighted by molar-refractivity contribution is -0.385. The molecule has 3 aromatic rings. The van der Waals surface area contributed by atoms with E-state index in [2.05, 4.69) is 18.1 Å². The number of allylic oxidation sites excluding steroid dienone is 2. The van der Waals surface area contributed by atoms with Gasteiger partial charge in [0, 0.05) is 36.3 Å². The van der Waals surface area contributed by atoms with Crippen LogP contribution in [0.1, 0.15) is 22.6 Å². The van der Waals surface area contributed by atoms with Crippen molar-refractivity contribution < 1.29 is 14.8 Å². The van der Waals surface area contributed by atoms with Crippen LogP contribution in [-0.4, -0.2) is 24.0 Å². The summed E-state index contributed by atoms with van der Waals surface area (Å²) in [4.78, 5) is 65.9. The maximum atomic E-state index is 13.3. The maximum absolute atomic E-state index is 13.3. The Kier molecular flexibility index (Phi) is 5.37. The molecule has 1 aliphatic rings. The van der Waals surface area contributed by atoms with Crippen molar-refractivity contribution in [2.75, 3.05) is 0 Å². The Labute approximate surface area is 188 Å². The summed E-state index contributed by atoms with van der Waals surface area (Å²) in [5.41, 5.74) is -5.11. The Morgan fingerprint density at radius 2 is 1.68 bits per heavy atom. The number of aromatic nitrogens is 4. The molecular formula is C21H16N5O8-. The van der Waals surface area contributed by atoms with Crippen LogP contribution in [0.25, 0.3) is 0 Å². The highest BCUT2D eigenvalue weighted by Crippen LogP contribution is 2.46. The monoisotopic (exact) mass is 466 g/mol. The number of hydrogen-bond acceptors (Lipinski definition) is 8. The molecule has 4 rings (SSSR count). The Balaban J connectivity index is 2.17. The van der Waals surface area contributed by atoms with Gasteiger partial charge in [-0.05, 0) is 11.9 Å². The van der Waals surface area contributed by atoms with Crippen LogP contribution in [0.4, 0.5) is 5.69 Å². The molecule has 2 N–H and O–H groups in total. The lowest BCUT2D eigenvalue weighted by Crippen LogP contribution is -2.41. The molecule has 0 radical (unpaired) electrons. The molecular weight excluding hydrogens is 450 g/mol. The van der Waals surface area contributed by atoms with Gasteiger partial charge in [0.1, 0.15) is 5.75 Å². The molecule has 0 aliphatic carbocycles. The number of rotatable bonds is 6. The Morgan fingerprint density at radius 1 is 1.03 bits per heavy atom. The van der Waals surface area contributed by atoms with E-state index in [1.54, 1.807) is 0 Å². The molecule has 174 valence electrons. The van der Waals surface area contributed by atoms with Crippen molar-refractivity contribution in [1.82, 2.24) is 19.1 Å². The number of nitro benzene ring substituents is 1. The van der Waals surface area contributed by atoms with Gasteiger partial charge in [0.15, 0.2) is 0 Å². The van der Waals surface area contributed by atoms with Gasteiger partial charge in [0.25, 0.3) is 16.8 Å². The minimum atomic E-state index is -1.49. The van der Waals surface area contributed by atoms with Crippen molar-refractivity contribution in [2.24, 2.45) is 0 Å². The number of fused-ring (bicyclic) bond motifs is 2. The van der Waals surface area contributed by atoms with E-state index in [1.807, 2.05) is 4.98 Å². The standard InChI is InChI=1S/C21H17N5O8/c1-3-7-24-18(28)14(16(27)22-20(24)30)13-11-9-10(26(32)33)5-6-12(11)34-17-15(13)19(29)25(8-4-2)21(31)23-17/h3-6,9,13,28H,1-2,7-8H2,(H,23,31)(H,22,27,30)/p-1. The number of ether oxygens (including phenoxy) is 1. The van der Waals surface area contributed by atoms with Gasteiger partial charge >= 0.3 is 11.4 Å². The molecule has 13 nitrogen and oxygen atoms in total. The third kappa shape index (κ3) is 3.35. The highest BCUT2D eigenvalue weighted by Gasteiger charge is 2.37. The van der Waals surface area contributed by atoms with Crippen LogP contribution in [0, 0.1) is 10.1 Å². The molecule has 1 aromatic carbocycles. The molecule has 0 saturated carbocycles. The lowest BCUT2D eigenvalue weighted by Gasteiger charge is -2.30. The number of nitro groups is 1. The summed E-state index contributed by atoms with van der Waals surface area (Å²) in [6.07, 6.45) is 2.55. The van der Waals surface area contributed by atoms with Crippen molar-refractivity contribution in [2.45, 2.75) is 19.0 Å². The summed E-state index contributed by atoms with van der Waals surface area (Å²) >= 11 is 0. The predicted molar refractivity (Wildman–Crippen MR) is 117 cm³/mol. The summed E-state index contributed by atoms with van der Waals surface area (Å²) < 4.78 is 7.09. The fourth-order valence-electron chi connectivity index (χ4n) is 3.85. The van der Waals surface area contributed by atoms with Gasteiger partial charge in [-0.15, -0.1) is 13.2 Å². The van der Waals surface area contributed by atoms with E-state index in [-0.39, 0.29) is 35.8 Å². The maximum Gasteiger partial charge on any atom is 0.331 e. The number of hydrogen-bond donors (Lipinski definition) is 2. The van der Waals surface area contributed by atoms with E-state index in [9.17, 15) is 34.4 Å². The predicted octanol–water partition coefficient (Wildman–Crippen LogP) is 0.0263. The van der Waals surface area contributed by atoms with Crippen LogP contribution in [0.3, 0.4) is 0 Å². The third-order valence-electron chi connectivity index (χ3n) is 5.30. The van der Waals surface area contributed by atoms with Gasteiger partial charge in [-0.3, -0.25) is 34.2 Å². The van der Waals surface area contributed by atoms with E-state index in [4.69, 9.17) is 4.74 Å². The minimum Gasteiger partial charge on any atom is -0.860 e. The first-order valence-electron chi connectivity index (χ1n) is 9.78. The van der Waals surface area contributed by atoms with E-state index < -0.39 is 50.5 Å². The molecule has 0 spiro atoms. The first-order chi connectivity index (χ1) is 16.2. The molecule has 0 bridgehead atoms. The average Bonchev–Trinajstić information content (AvgIpc) is 2.78. The van der Waals surface area contributed by atoms with Crippen molar-refractivity contribution in [1.29, 1.82) is 0 Å². The summed E-state index contributed by atoms with van der Waals surface area (Å²) in [5, 5.41) is 24.6. The molecule has 1 aliphatic heterocycles. The van der Waals surface area contributed by atoms with Crippen molar-refractivity contribution in [3.8, 4) is 17.5 Å². The summed E-state index contributed by atoms with van der Waals surface area (Å²) in [6.45, 7) is 6.52. The smallest absolute Gasteiger partial charge is 0.331 e. The van der Waals surface area contributed by atoms with Crippen LogP contribution in [-0.2, 0) is 13.1 Å². The largest absolute Gasteiger partial charge is 0.860 e. The zero-order valence-corrected chi connectivity index (χ0v) is 17.4. The molecule has 34 heavy (non-hydrogen) atoms. The van der Waals surface area contributed by atoms with Gasteiger partial charge < -0.3 is 14.4 Å². The molecule has 0 amide bonds. The van der Waals surface area contributed by atoms with Crippen LogP contribution < -0.4 is 32.3 Å². The molecule has 2 aromatic heterocycles. The lowest BCUT2D eigenvalue weighted by atomic mass is 9.84. The van der Waals surface area contributed by atoms with Gasteiger partial charge in [-0.25, -0.2) is 9.59 Å². The number of H-pyrrole nitrogens is 2. The second-order valence-electron chi connectivity index (χ2n) is 7.27. The molecule has 3 heterocycles. The van der Waals surface area contributed by atoms with E-state index in [1.165, 1.54) is 18.2 Å². The number of nitrogens with one attached hydrogen (secondary N) is 2. The van der Waals surface area contributed by atoms with E-state index >= 15 is 0 Å². The number of benzene rings is 1.